The zero-order valence-corrected chi connectivity index (χ0v) is 19.8. The third-order valence-corrected chi connectivity index (χ3v) is 7.41. The highest BCUT2D eigenvalue weighted by molar-refractivity contribution is 7.93. The van der Waals surface area contributed by atoms with Crippen molar-refractivity contribution >= 4 is 10.0 Å². The van der Waals surface area contributed by atoms with Crippen LogP contribution in [0.1, 0.15) is 41.0 Å². The van der Waals surface area contributed by atoms with Crippen molar-refractivity contribution in [2.75, 3.05) is 27.2 Å². The average Bonchev–Trinajstić information content (AvgIpc) is 3.13. The van der Waals surface area contributed by atoms with Crippen LogP contribution in [0.15, 0.2) is 76.0 Å². The first-order valence-corrected chi connectivity index (χ1v) is 11.4. The summed E-state index contributed by atoms with van der Waals surface area (Å²) in [7, 11) is 0.636. The second-order valence-electron chi connectivity index (χ2n) is 7.56. The molecule has 2 aliphatic rings. The Morgan fingerprint density at radius 2 is 1.86 bits per heavy atom. The van der Waals surface area contributed by atoms with E-state index in [0.29, 0.717) is 24.0 Å². The second-order valence-corrected chi connectivity index (χ2v) is 9.50. The van der Waals surface area contributed by atoms with E-state index in [1.165, 1.54) is 32.7 Å². The second kappa shape index (κ2) is 11.3. The van der Waals surface area contributed by atoms with Gasteiger partial charge in [0.2, 0.25) is 10.0 Å². The van der Waals surface area contributed by atoms with Gasteiger partial charge in [0.15, 0.2) is 0 Å². The Balaban J connectivity index is 0.000000296. The lowest BCUT2D eigenvalue weighted by atomic mass is 10.0. The fourth-order valence-corrected chi connectivity index (χ4v) is 4.55. The van der Waals surface area contributed by atoms with Gasteiger partial charge in [-0.15, -0.1) is 5.73 Å². The van der Waals surface area contributed by atoms with E-state index in [4.69, 9.17) is 0 Å². The summed E-state index contributed by atoms with van der Waals surface area (Å²) in [6.07, 6.45) is 12.3. The largest absolute Gasteiger partial charge is 0.305 e. The molecule has 0 aromatic heterocycles. The molecular formula is C24H36N2O2S. The molecule has 1 aliphatic heterocycles. The monoisotopic (exact) mass is 416 g/mol. The summed E-state index contributed by atoms with van der Waals surface area (Å²) in [5.41, 5.74) is 8.34. The van der Waals surface area contributed by atoms with Gasteiger partial charge in [0, 0.05) is 19.1 Å². The smallest absolute Gasteiger partial charge is 0.242 e. The molecule has 0 aromatic carbocycles. The van der Waals surface area contributed by atoms with Gasteiger partial charge in [-0.2, -0.15) is 4.31 Å². The Labute approximate surface area is 178 Å². The maximum atomic E-state index is 12.1. The highest BCUT2D eigenvalue weighted by Gasteiger charge is 2.33. The van der Waals surface area contributed by atoms with Crippen LogP contribution in [0.5, 0.6) is 0 Å². The lowest BCUT2D eigenvalue weighted by Crippen LogP contribution is -2.34. The predicted octanol–water partition coefficient (Wildman–Crippen LogP) is 4.98. The highest BCUT2D eigenvalue weighted by Crippen LogP contribution is 2.22. The van der Waals surface area contributed by atoms with Crippen molar-refractivity contribution in [2.24, 2.45) is 0 Å². The SMILES string of the molecule is C/C=C(\C)C1=CC(C)=C(C)C=C=C1.C=C/C(=C\C)S(=O)(=O)N1CC[C@@H](N(C)C)C1. The summed E-state index contributed by atoms with van der Waals surface area (Å²) in [6, 6.07) is 0.317. The lowest BCUT2D eigenvalue weighted by molar-refractivity contribution is 0.302. The Kier molecular flexibility index (Phi) is 9.81. The molecule has 0 bridgehead atoms. The van der Waals surface area contributed by atoms with Gasteiger partial charge in [0.1, 0.15) is 0 Å². The van der Waals surface area contributed by atoms with Gasteiger partial charge in [-0.05, 0) is 95.7 Å². The van der Waals surface area contributed by atoms with Crippen molar-refractivity contribution in [3.63, 3.8) is 0 Å². The number of nitrogens with zero attached hydrogens (tertiary/aromatic N) is 2. The molecule has 1 heterocycles. The van der Waals surface area contributed by atoms with Gasteiger partial charge in [-0.3, -0.25) is 0 Å². The maximum Gasteiger partial charge on any atom is 0.242 e. The molecule has 1 fully saturated rings. The molecular weight excluding hydrogens is 380 g/mol. The van der Waals surface area contributed by atoms with Gasteiger partial charge < -0.3 is 4.90 Å². The minimum atomic E-state index is -3.32. The minimum Gasteiger partial charge on any atom is -0.305 e. The third kappa shape index (κ3) is 6.83. The van der Waals surface area contributed by atoms with Crippen molar-refractivity contribution in [2.45, 2.75) is 47.1 Å². The molecule has 1 saturated heterocycles. The molecule has 0 aromatic rings. The molecule has 0 amide bonds. The molecule has 2 rings (SSSR count). The third-order valence-electron chi connectivity index (χ3n) is 5.40. The van der Waals surface area contributed by atoms with Crippen molar-refractivity contribution in [3.8, 4) is 0 Å². The summed E-state index contributed by atoms with van der Waals surface area (Å²) >= 11 is 0. The van der Waals surface area contributed by atoms with Crippen LogP contribution in [0.25, 0.3) is 0 Å². The normalized spacial score (nSPS) is 21.1. The lowest BCUT2D eigenvalue weighted by Gasteiger charge is -2.20. The maximum absolute atomic E-state index is 12.1. The van der Waals surface area contributed by atoms with E-state index in [0.717, 1.165) is 6.42 Å². The molecule has 0 saturated carbocycles. The molecule has 0 unspecified atom stereocenters. The summed E-state index contributed by atoms with van der Waals surface area (Å²) in [5, 5.41) is 0. The van der Waals surface area contributed by atoms with E-state index in [-0.39, 0.29) is 0 Å². The fraction of sp³-hybridized carbons (Fsp3) is 0.458. The molecule has 160 valence electrons. The van der Waals surface area contributed by atoms with Gasteiger partial charge in [0.25, 0.3) is 0 Å². The molecule has 0 N–H and O–H groups in total. The topological polar surface area (TPSA) is 40.6 Å². The van der Waals surface area contributed by atoms with Gasteiger partial charge in [-0.1, -0.05) is 24.8 Å². The molecule has 0 radical (unpaired) electrons. The highest BCUT2D eigenvalue weighted by atomic mass is 32.2. The van der Waals surface area contributed by atoms with Gasteiger partial charge in [-0.25, -0.2) is 8.42 Å². The predicted molar refractivity (Wildman–Crippen MR) is 125 cm³/mol. The molecule has 4 nitrogen and oxygen atoms in total. The van der Waals surface area contributed by atoms with E-state index in [9.17, 15) is 8.42 Å². The van der Waals surface area contributed by atoms with Crippen LogP contribution in [0, 0.1) is 0 Å². The molecule has 29 heavy (non-hydrogen) atoms. The first-order chi connectivity index (χ1) is 13.6. The van der Waals surface area contributed by atoms with Crippen LogP contribution in [0.2, 0.25) is 0 Å². The molecule has 1 aliphatic carbocycles. The average molecular weight is 417 g/mol. The summed E-state index contributed by atoms with van der Waals surface area (Å²) in [4.78, 5) is 2.37. The van der Waals surface area contributed by atoms with E-state index in [1.807, 2.05) is 26.2 Å². The molecule has 5 heteroatoms. The first-order valence-electron chi connectivity index (χ1n) is 9.98. The number of hydrogen-bond donors (Lipinski definition) is 0. The number of likely N-dealkylation sites (N-methyl/N-ethyl adjacent to an activating group) is 1. The standard InChI is InChI=1S/C13H16.C11H20N2O2S/c1-5-10(2)13-8-6-7-11(3)12(4)9-13;1-5-11(6-2)16(14,15)13-8-7-10(9-13)12(3)4/h5,7-9H,1-4H3;5-6,10H,1,7-9H2,2-4H3/b10-5+;11-6+/t;10-/m.1/s1. The fourth-order valence-electron chi connectivity index (χ4n) is 3.02. The Morgan fingerprint density at radius 3 is 2.34 bits per heavy atom. The number of hydrogen-bond acceptors (Lipinski definition) is 3. The van der Waals surface area contributed by atoms with Crippen LogP contribution in [0.4, 0.5) is 0 Å². The zero-order chi connectivity index (χ0) is 22.2. The van der Waals surface area contributed by atoms with Gasteiger partial charge in [0.05, 0.1) is 4.91 Å². The van der Waals surface area contributed by atoms with Crippen LogP contribution >= 0.6 is 0 Å². The number of sulfonamides is 1. The number of allylic oxidation sites excluding steroid dienone is 9. The van der Waals surface area contributed by atoms with E-state index < -0.39 is 10.0 Å². The Morgan fingerprint density at radius 1 is 1.21 bits per heavy atom. The molecule has 0 spiro atoms. The quantitative estimate of drug-likeness (QED) is 0.469. The molecule has 1 atom stereocenters. The first kappa shape index (κ1) is 25.1. The van der Waals surface area contributed by atoms with Crippen LogP contribution < -0.4 is 0 Å². The van der Waals surface area contributed by atoms with E-state index in [1.54, 1.807) is 13.0 Å². The summed E-state index contributed by atoms with van der Waals surface area (Å²) in [6.45, 7) is 14.8. The van der Waals surface area contributed by atoms with Crippen molar-refractivity contribution in [1.29, 1.82) is 0 Å². The van der Waals surface area contributed by atoms with Gasteiger partial charge >= 0.3 is 0 Å². The minimum absolute atomic E-state index is 0.298. The van der Waals surface area contributed by atoms with Crippen LogP contribution in [-0.4, -0.2) is 50.8 Å². The van der Waals surface area contributed by atoms with Crippen molar-refractivity contribution in [1.82, 2.24) is 9.21 Å². The number of rotatable bonds is 5. The Bertz CT molecular complexity index is 893. The summed E-state index contributed by atoms with van der Waals surface area (Å²) < 4.78 is 25.8. The Hall–Kier alpha value is -1.91. The van der Waals surface area contributed by atoms with Crippen molar-refractivity contribution < 1.29 is 8.42 Å². The van der Waals surface area contributed by atoms with E-state index >= 15 is 0 Å². The van der Waals surface area contributed by atoms with Crippen molar-refractivity contribution in [3.05, 3.63) is 76.0 Å². The summed E-state index contributed by atoms with van der Waals surface area (Å²) in [5.74, 6) is 0. The van der Waals surface area contributed by atoms with Crippen LogP contribution in [-0.2, 0) is 10.0 Å². The zero-order valence-electron chi connectivity index (χ0n) is 19.0. The van der Waals surface area contributed by atoms with Crippen LogP contribution in [0.3, 0.4) is 0 Å². The van der Waals surface area contributed by atoms with E-state index in [2.05, 4.69) is 57.1 Å².